The van der Waals surface area contributed by atoms with Crippen LogP contribution in [0.25, 0.3) is 0 Å². The lowest BCUT2D eigenvalue weighted by Gasteiger charge is -2.18. The van der Waals surface area contributed by atoms with Gasteiger partial charge in [0, 0.05) is 12.6 Å². The van der Waals surface area contributed by atoms with E-state index in [1.54, 1.807) is 0 Å². The monoisotopic (exact) mass is 227 g/mol. The van der Waals surface area contributed by atoms with E-state index in [0.29, 0.717) is 12.1 Å². The van der Waals surface area contributed by atoms with Crippen LogP contribution in [-0.2, 0) is 6.54 Å². The molecule has 0 atom stereocenters. The minimum atomic E-state index is -0.521. The highest BCUT2D eigenvalue weighted by Crippen LogP contribution is 2.17. The Morgan fingerprint density at radius 2 is 1.62 bits per heavy atom. The number of benzene rings is 1. The Morgan fingerprint density at radius 1 is 1.06 bits per heavy atom. The molecule has 3 heteroatoms. The van der Waals surface area contributed by atoms with Gasteiger partial charge in [0.1, 0.15) is 11.6 Å². The molecule has 0 aliphatic rings. The first kappa shape index (κ1) is 13.1. The molecule has 0 aromatic heterocycles. The molecule has 0 aliphatic carbocycles. The SMILES string of the molecule is CC(C)(C)CCNCc1cc(F)cc(F)c1. The molecule has 90 valence electrons. The number of nitrogens with one attached hydrogen (secondary N) is 1. The summed E-state index contributed by atoms with van der Waals surface area (Å²) in [7, 11) is 0. The molecule has 1 N–H and O–H groups in total. The smallest absolute Gasteiger partial charge is 0.126 e. The first-order valence-electron chi connectivity index (χ1n) is 5.52. The van der Waals surface area contributed by atoms with Gasteiger partial charge in [0.2, 0.25) is 0 Å². The molecule has 0 bridgehead atoms. The van der Waals surface area contributed by atoms with E-state index in [4.69, 9.17) is 0 Å². The molecular formula is C13H19F2N. The molecular weight excluding hydrogens is 208 g/mol. The Balaban J connectivity index is 2.37. The predicted molar refractivity (Wildman–Crippen MR) is 62.1 cm³/mol. The number of hydrogen-bond donors (Lipinski definition) is 1. The minimum Gasteiger partial charge on any atom is -0.313 e. The summed E-state index contributed by atoms with van der Waals surface area (Å²) in [4.78, 5) is 0. The van der Waals surface area contributed by atoms with E-state index < -0.39 is 11.6 Å². The zero-order chi connectivity index (χ0) is 12.2. The highest BCUT2D eigenvalue weighted by atomic mass is 19.1. The molecule has 0 saturated carbocycles. The van der Waals surface area contributed by atoms with Crippen LogP contribution in [-0.4, -0.2) is 6.54 Å². The van der Waals surface area contributed by atoms with Crippen molar-refractivity contribution in [3.63, 3.8) is 0 Å². The van der Waals surface area contributed by atoms with E-state index in [9.17, 15) is 8.78 Å². The van der Waals surface area contributed by atoms with Crippen molar-refractivity contribution in [2.45, 2.75) is 33.7 Å². The van der Waals surface area contributed by atoms with Crippen LogP contribution in [0.3, 0.4) is 0 Å². The highest BCUT2D eigenvalue weighted by molar-refractivity contribution is 5.17. The lowest BCUT2D eigenvalue weighted by molar-refractivity contribution is 0.366. The molecule has 0 fully saturated rings. The molecule has 0 heterocycles. The van der Waals surface area contributed by atoms with Gasteiger partial charge in [0.05, 0.1) is 0 Å². The summed E-state index contributed by atoms with van der Waals surface area (Å²) in [6.07, 6.45) is 1.03. The van der Waals surface area contributed by atoms with Crippen molar-refractivity contribution in [3.8, 4) is 0 Å². The Kier molecular flexibility index (Phi) is 4.42. The number of halogens is 2. The molecule has 1 aromatic rings. The second kappa shape index (κ2) is 5.39. The van der Waals surface area contributed by atoms with Gasteiger partial charge in [-0.1, -0.05) is 20.8 Å². The summed E-state index contributed by atoms with van der Waals surface area (Å²) in [6.45, 7) is 7.84. The summed E-state index contributed by atoms with van der Waals surface area (Å²) in [5, 5.41) is 3.18. The van der Waals surface area contributed by atoms with Crippen molar-refractivity contribution < 1.29 is 8.78 Å². The topological polar surface area (TPSA) is 12.0 Å². The molecule has 0 aliphatic heterocycles. The number of rotatable bonds is 4. The van der Waals surface area contributed by atoms with Gasteiger partial charge in [-0.3, -0.25) is 0 Å². The zero-order valence-corrected chi connectivity index (χ0v) is 10.1. The van der Waals surface area contributed by atoms with Crippen LogP contribution in [0, 0.1) is 17.0 Å². The lowest BCUT2D eigenvalue weighted by Crippen LogP contribution is -2.20. The predicted octanol–water partition coefficient (Wildman–Crippen LogP) is 3.49. The van der Waals surface area contributed by atoms with Crippen LogP contribution in [0.15, 0.2) is 18.2 Å². The van der Waals surface area contributed by atoms with Crippen molar-refractivity contribution in [2.24, 2.45) is 5.41 Å². The van der Waals surface area contributed by atoms with Crippen LogP contribution in [0.4, 0.5) is 8.78 Å². The van der Waals surface area contributed by atoms with Crippen LogP contribution < -0.4 is 5.32 Å². The quantitative estimate of drug-likeness (QED) is 0.776. The lowest BCUT2D eigenvalue weighted by atomic mass is 9.92. The van der Waals surface area contributed by atoms with Gasteiger partial charge < -0.3 is 5.32 Å². The standard InChI is InChI=1S/C13H19F2N/c1-13(2,3)4-5-16-9-10-6-11(14)8-12(15)7-10/h6-8,16H,4-5,9H2,1-3H3. The van der Waals surface area contributed by atoms with Gasteiger partial charge in [-0.15, -0.1) is 0 Å². The van der Waals surface area contributed by atoms with E-state index in [0.717, 1.165) is 19.0 Å². The molecule has 0 saturated heterocycles. The first-order valence-corrected chi connectivity index (χ1v) is 5.52. The van der Waals surface area contributed by atoms with E-state index in [2.05, 4.69) is 26.1 Å². The van der Waals surface area contributed by atoms with Crippen molar-refractivity contribution >= 4 is 0 Å². The summed E-state index contributed by atoms with van der Waals surface area (Å²) in [6, 6.07) is 3.60. The van der Waals surface area contributed by atoms with Crippen molar-refractivity contribution in [1.29, 1.82) is 0 Å². The highest BCUT2D eigenvalue weighted by Gasteiger charge is 2.08. The molecule has 0 amide bonds. The van der Waals surface area contributed by atoms with Crippen LogP contribution in [0.1, 0.15) is 32.8 Å². The molecule has 0 spiro atoms. The van der Waals surface area contributed by atoms with Gasteiger partial charge >= 0.3 is 0 Å². The number of hydrogen-bond acceptors (Lipinski definition) is 1. The average molecular weight is 227 g/mol. The Bertz CT molecular complexity index is 322. The summed E-state index contributed by atoms with van der Waals surface area (Å²) < 4.78 is 25.7. The van der Waals surface area contributed by atoms with Gasteiger partial charge in [-0.25, -0.2) is 8.78 Å². The zero-order valence-electron chi connectivity index (χ0n) is 10.1. The van der Waals surface area contributed by atoms with Gasteiger partial charge in [0.15, 0.2) is 0 Å². The van der Waals surface area contributed by atoms with Crippen molar-refractivity contribution in [3.05, 3.63) is 35.4 Å². The normalized spacial score (nSPS) is 11.8. The van der Waals surface area contributed by atoms with Crippen molar-refractivity contribution in [2.75, 3.05) is 6.54 Å². The fourth-order valence-corrected chi connectivity index (χ4v) is 1.41. The van der Waals surface area contributed by atoms with Gasteiger partial charge in [-0.05, 0) is 36.1 Å². The third kappa shape index (κ3) is 5.21. The van der Waals surface area contributed by atoms with Crippen molar-refractivity contribution in [1.82, 2.24) is 5.32 Å². The van der Waals surface area contributed by atoms with E-state index >= 15 is 0 Å². The fourth-order valence-electron chi connectivity index (χ4n) is 1.41. The van der Waals surface area contributed by atoms with Crippen LogP contribution in [0.5, 0.6) is 0 Å². The third-order valence-corrected chi connectivity index (χ3v) is 2.30. The fraction of sp³-hybridized carbons (Fsp3) is 0.538. The molecule has 16 heavy (non-hydrogen) atoms. The molecule has 0 unspecified atom stereocenters. The Morgan fingerprint density at radius 3 is 2.12 bits per heavy atom. The van der Waals surface area contributed by atoms with E-state index in [-0.39, 0.29) is 5.41 Å². The van der Waals surface area contributed by atoms with E-state index in [1.807, 2.05) is 0 Å². The third-order valence-electron chi connectivity index (χ3n) is 2.30. The molecule has 1 nitrogen and oxygen atoms in total. The molecule has 1 aromatic carbocycles. The maximum Gasteiger partial charge on any atom is 0.126 e. The Hall–Kier alpha value is -0.960. The summed E-state index contributed by atoms with van der Waals surface area (Å²) in [5.41, 5.74) is 0.923. The van der Waals surface area contributed by atoms with E-state index in [1.165, 1.54) is 12.1 Å². The maximum absolute atomic E-state index is 12.9. The first-order chi connectivity index (χ1) is 7.37. The average Bonchev–Trinajstić information content (AvgIpc) is 2.09. The molecule has 1 rings (SSSR count). The summed E-state index contributed by atoms with van der Waals surface area (Å²) in [5.74, 6) is -1.04. The molecule has 0 radical (unpaired) electrons. The van der Waals surface area contributed by atoms with Crippen LogP contribution in [0.2, 0.25) is 0 Å². The largest absolute Gasteiger partial charge is 0.313 e. The van der Waals surface area contributed by atoms with Gasteiger partial charge in [-0.2, -0.15) is 0 Å². The van der Waals surface area contributed by atoms with Crippen LogP contribution >= 0.6 is 0 Å². The second-order valence-electron chi connectivity index (χ2n) is 5.27. The maximum atomic E-state index is 12.9. The minimum absolute atomic E-state index is 0.278. The Labute approximate surface area is 95.9 Å². The van der Waals surface area contributed by atoms with Gasteiger partial charge in [0.25, 0.3) is 0 Å². The summed E-state index contributed by atoms with van der Waals surface area (Å²) >= 11 is 0. The second-order valence-corrected chi connectivity index (χ2v) is 5.27.